The first-order chi connectivity index (χ1) is 34.5. The Bertz CT molecular complexity index is 3970. The Balaban J connectivity index is 0.906. The van der Waals surface area contributed by atoms with Crippen molar-refractivity contribution >= 4 is 59.3 Å². The van der Waals surface area contributed by atoms with Crippen LogP contribution in [0.4, 0.5) is 17.1 Å². The molecule has 1 nitrogen and oxygen atoms in total. The second-order valence-corrected chi connectivity index (χ2v) is 20.6. The summed E-state index contributed by atoms with van der Waals surface area (Å²) in [6.07, 6.45) is 0. The molecule has 0 radical (unpaired) electrons. The molecule has 0 saturated heterocycles. The smallest absolute Gasteiger partial charge is 0.0713 e. The van der Waals surface area contributed by atoms with Crippen molar-refractivity contribution in [3.05, 3.63) is 282 Å². The molecule has 330 valence electrons. The minimum Gasteiger partial charge on any atom is -0.310 e. The summed E-state index contributed by atoms with van der Waals surface area (Å²) in [5, 5.41) is 5.24. The van der Waals surface area contributed by atoms with Crippen molar-refractivity contribution in [2.24, 2.45) is 0 Å². The fourth-order valence-electron chi connectivity index (χ4n) is 12.3. The Morgan fingerprint density at radius 1 is 0.329 bits per heavy atom. The fourth-order valence-corrected chi connectivity index (χ4v) is 13.7. The third kappa shape index (κ3) is 5.90. The number of nitrogens with zero attached hydrogens (tertiary/aromatic N) is 1. The number of anilines is 3. The van der Waals surface area contributed by atoms with Gasteiger partial charge in [-0.1, -0.05) is 226 Å². The van der Waals surface area contributed by atoms with Crippen LogP contribution in [0.25, 0.3) is 75.5 Å². The topological polar surface area (TPSA) is 3.24 Å². The predicted octanol–water partition coefficient (Wildman–Crippen LogP) is 18.7. The maximum absolute atomic E-state index is 2.44. The van der Waals surface area contributed by atoms with Gasteiger partial charge in [0.05, 0.1) is 5.41 Å². The van der Waals surface area contributed by atoms with Gasteiger partial charge in [-0.15, -0.1) is 11.3 Å². The Labute approximate surface area is 413 Å². The van der Waals surface area contributed by atoms with Crippen molar-refractivity contribution in [3.63, 3.8) is 0 Å². The van der Waals surface area contributed by atoms with Gasteiger partial charge in [0, 0.05) is 42.6 Å². The van der Waals surface area contributed by atoms with E-state index in [-0.39, 0.29) is 5.41 Å². The highest BCUT2D eigenvalue weighted by molar-refractivity contribution is 7.27. The third-order valence-corrected chi connectivity index (χ3v) is 16.9. The second-order valence-electron chi connectivity index (χ2n) is 19.5. The van der Waals surface area contributed by atoms with E-state index in [1.165, 1.54) is 109 Å². The number of benzene rings is 11. The lowest BCUT2D eigenvalue weighted by atomic mass is 9.67. The van der Waals surface area contributed by atoms with E-state index in [1.54, 1.807) is 0 Å². The molecule has 0 fully saturated rings. The number of hydrogen-bond donors (Lipinski definition) is 0. The molecule has 0 N–H and O–H groups in total. The van der Waals surface area contributed by atoms with Crippen molar-refractivity contribution in [1.82, 2.24) is 0 Å². The molecule has 0 amide bonds. The highest BCUT2D eigenvalue weighted by Crippen LogP contribution is 2.58. The maximum Gasteiger partial charge on any atom is 0.0713 e. The monoisotopic (exact) mass is 909 g/mol. The summed E-state index contributed by atoms with van der Waals surface area (Å²) in [6.45, 7) is 4.74. The van der Waals surface area contributed by atoms with Crippen LogP contribution in [0.15, 0.2) is 249 Å². The van der Waals surface area contributed by atoms with Gasteiger partial charge in [-0.25, -0.2) is 0 Å². The van der Waals surface area contributed by atoms with Crippen molar-refractivity contribution < 1.29 is 0 Å². The van der Waals surface area contributed by atoms with Crippen LogP contribution in [0.3, 0.4) is 0 Å². The van der Waals surface area contributed by atoms with Gasteiger partial charge in [-0.05, 0) is 125 Å². The zero-order valence-electron chi connectivity index (χ0n) is 39.0. The lowest BCUT2D eigenvalue weighted by molar-refractivity contribution is 0.660. The van der Waals surface area contributed by atoms with Gasteiger partial charge in [0.1, 0.15) is 0 Å². The molecule has 0 unspecified atom stereocenters. The molecule has 1 heterocycles. The van der Waals surface area contributed by atoms with Gasteiger partial charge in [-0.2, -0.15) is 0 Å². The molecule has 0 atom stereocenters. The van der Waals surface area contributed by atoms with Gasteiger partial charge in [0.15, 0.2) is 0 Å². The van der Waals surface area contributed by atoms with Gasteiger partial charge < -0.3 is 4.90 Å². The van der Waals surface area contributed by atoms with E-state index in [9.17, 15) is 0 Å². The van der Waals surface area contributed by atoms with Crippen LogP contribution in [0, 0.1) is 0 Å². The number of thiophene rings is 1. The van der Waals surface area contributed by atoms with E-state index in [4.69, 9.17) is 0 Å². The molecule has 0 aliphatic heterocycles. The first-order valence-electron chi connectivity index (χ1n) is 24.4. The van der Waals surface area contributed by atoms with E-state index in [1.807, 2.05) is 11.3 Å². The van der Waals surface area contributed by atoms with Crippen molar-refractivity contribution in [1.29, 1.82) is 0 Å². The molecule has 2 heteroatoms. The fraction of sp³-hybridized carbons (Fsp3) is 0.0588. The SMILES string of the molecule is CC1(C)c2ccccc2-c2ccc(N(c3ccc(-c4cccc5c4-c4ccccc4C5(c4ccccc4)c4ccccc4)cc3)c3ccc(-c4cccc5c4sc4c6ccccc6ccc54)cc3)cc21. The molecule has 2 aliphatic carbocycles. The molecule has 1 aromatic heterocycles. The molecule has 11 aromatic carbocycles. The van der Waals surface area contributed by atoms with E-state index in [0.29, 0.717) is 0 Å². The van der Waals surface area contributed by atoms with Crippen LogP contribution >= 0.6 is 11.3 Å². The first kappa shape index (κ1) is 40.7. The molecule has 0 bridgehead atoms. The van der Waals surface area contributed by atoms with E-state index in [0.717, 1.165) is 17.1 Å². The average Bonchev–Trinajstić information content (AvgIpc) is 4.04. The summed E-state index contributed by atoms with van der Waals surface area (Å²) in [6, 6.07) is 92.8. The predicted molar refractivity (Wildman–Crippen MR) is 297 cm³/mol. The number of hydrogen-bond acceptors (Lipinski definition) is 2. The molecular formula is C68H47NS. The highest BCUT2D eigenvalue weighted by Gasteiger charge is 2.46. The highest BCUT2D eigenvalue weighted by atomic mass is 32.1. The van der Waals surface area contributed by atoms with Crippen LogP contribution in [0.2, 0.25) is 0 Å². The summed E-state index contributed by atoms with van der Waals surface area (Å²) in [7, 11) is 0. The van der Waals surface area contributed by atoms with Crippen molar-refractivity contribution in [3.8, 4) is 44.5 Å². The van der Waals surface area contributed by atoms with Crippen LogP contribution in [0.1, 0.15) is 47.2 Å². The Morgan fingerprint density at radius 2 is 0.843 bits per heavy atom. The summed E-state index contributed by atoms with van der Waals surface area (Å²) < 4.78 is 2.68. The summed E-state index contributed by atoms with van der Waals surface area (Å²) >= 11 is 1.91. The zero-order chi connectivity index (χ0) is 46.6. The average molecular weight is 910 g/mol. The quantitative estimate of drug-likeness (QED) is 0.154. The maximum atomic E-state index is 2.44. The minimum atomic E-state index is -0.453. The van der Waals surface area contributed by atoms with Crippen LogP contribution in [-0.2, 0) is 10.8 Å². The molecule has 12 aromatic rings. The van der Waals surface area contributed by atoms with E-state index >= 15 is 0 Å². The Hall–Kier alpha value is -8.30. The lowest BCUT2D eigenvalue weighted by Crippen LogP contribution is -2.28. The standard InChI is InChI=1S/C68H47NS/c1-67(2)60-28-13-11-23-55(60)56-42-40-51(43-63(56)67)69(50-38-33-46(34-39-50)54-26-15-27-57-58-41-35-44-17-9-10-22-53(44)66(58)70-65(54)57)49-36-31-45(32-37-49)52-25-16-30-62-64(52)59-24-12-14-29-61(59)68(62,47-18-5-3-6-19-47)48-20-7-4-8-21-48/h3-43H,1-2H3. The first-order valence-corrected chi connectivity index (χ1v) is 25.2. The van der Waals surface area contributed by atoms with Crippen molar-refractivity contribution in [2.45, 2.75) is 24.7 Å². The largest absolute Gasteiger partial charge is 0.310 e. The molecular weight excluding hydrogens is 863 g/mol. The van der Waals surface area contributed by atoms with Crippen molar-refractivity contribution in [2.75, 3.05) is 4.90 Å². The van der Waals surface area contributed by atoms with E-state index in [2.05, 4.69) is 267 Å². The summed E-state index contributed by atoms with van der Waals surface area (Å²) in [4.78, 5) is 2.44. The Kier molecular flexibility index (Phi) is 9.09. The Morgan fingerprint density at radius 3 is 1.57 bits per heavy atom. The second kappa shape index (κ2) is 15.6. The minimum absolute atomic E-state index is 0.131. The van der Waals surface area contributed by atoms with Gasteiger partial charge in [0.25, 0.3) is 0 Å². The number of rotatable bonds is 7. The summed E-state index contributed by atoms with van der Waals surface area (Å²) in [5.74, 6) is 0. The number of fused-ring (bicyclic) bond motifs is 11. The van der Waals surface area contributed by atoms with E-state index < -0.39 is 5.41 Å². The molecule has 14 rings (SSSR count). The summed E-state index contributed by atoms with van der Waals surface area (Å²) in [5.41, 5.74) is 20.8. The van der Waals surface area contributed by atoms with Crippen LogP contribution < -0.4 is 4.90 Å². The molecule has 0 spiro atoms. The lowest BCUT2D eigenvalue weighted by Gasteiger charge is -2.34. The van der Waals surface area contributed by atoms with Crippen LogP contribution in [-0.4, -0.2) is 0 Å². The van der Waals surface area contributed by atoms with Gasteiger partial charge >= 0.3 is 0 Å². The third-order valence-electron chi connectivity index (χ3n) is 15.6. The molecule has 0 saturated carbocycles. The van der Waals surface area contributed by atoms with Gasteiger partial charge in [-0.3, -0.25) is 0 Å². The van der Waals surface area contributed by atoms with Gasteiger partial charge in [0.2, 0.25) is 0 Å². The molecule has 70 heavy (non-hydrogen) atoms. The normalized spacial score (nSPS) is 13.8. The molecule has 2 aliphatic rings. The zero-order valence-corrected chi connectivity index (χ0v) is 39.8. The van der Waals surface area contributed by atoms with Crippen LogP contribution in [0.5, 0.6) is 0 Å².